The average molecular weight is 318 g/mol. The molecule has 0 aromatic heterocycles. The first-order valence-corrected chi connectivity index (χ1v) is 7.62. The zero-order valence-corrected chi connectivity index (χ0v) is 13.9. The van der Waals surface area contributed by atoms with Gasteiger partial charge in [-0.1, -0.05) is 24.8 Å². The summed E-state index contributed by atoms with van der Waals surface area (Å²) in [5.74, 6) is -1.30. The summed E-state index contributed by atoms with van der Waals surface area (Å²) in [4.78, 5) is 37.6. The van der Waals surface area contributed by atoms with Gasteiger partial charge in [-0.05, 0) is 31.6 Å². The topological polar surface area (TPSA) is 70.9 Å². The van der Waals surface area contributed by atoms with Gasteiger partial charge in [0.1, 0.15) is 5.57 Å². The van der Waals surface area contributed by atoms with Gasteiger partial charge in [-0.3, -0.25) is 19.8 Å². The van der Waals surface area contributed by atoms with Crippen molar-refractivity contribution in [3.05, 3.63) is 48.1 Å². The molecule has 0 unspecified atom stereocenters. The highest BCUT2D eigenvalue weighted by Crippen LogP contribution is 2.12. The number of nitrogens with zero attached hydrogens (tertiary/aromatic N) is 1. The maximum absolute atomic E-state index is 12.1. The van der Waals surface area contributed by atoms with Crippen LogP contribution in [-0.4, -0.2) is 49.4 Å². The van der Waals surface area contributed by atoms with E-state index in [9.17, 15) is 14.4 Å². The summed E-state index contributed by atoms with van der Waals surface area (Å²) in [6, 6.07) is -0.716. The molecule has 0 spiro atoms. The first-order valence-electron chi connectivity index (χ1n) is 7.62. The Morgan fingerprint density at radius 3 is 2.48 bits per heavy atom. The van der Waals surface area contributed by atoms with Crippen LogP contribution >= 0.6 is 0 Å². The number of nitrogens with one attached hydrogen (secondary N) is 2. The second-order valence-corrected chi connectivity index (χ2v) is 5.15. The van der Waals surface area contributed by atoms with Gasteiger partial charge in [-0.15, -0.1) is 0 Å². The van der Waals surface area contributed by atoms with Crippen LogP contribution < -0.4 is 10.2 Å². The predicted octanol–water partition coefficient (Wildman–Crippen LogP) is 0.214. The van der Waals surface area contributed by atoms with Crippen molar-refractivity contribution in [1.82, 2.24) is 10.2 Å². The normalized spacial score (nSPS) is 18.3. The van der Waals surface area contributed by atoms with Crippen LogP contribution in [0, 0.1) is 0 Å². The summed E-state index contributed by atoms with van der Waals surface area (Å²) in [5.41, 5.74) is 0.604. The van der Waals surface area contributed by atoms with Crippen LogP contribution in [0.4, 0.5) is 4.79 Å². The fourth-order valence-corrected chi connectivity index (χ4v) is 2.10. The Hall–Kier alpha value is -2.47. The molecule has 0 atom stereocenters. The lowest BCUT2D eigenvalue weighted by atomic mass is 10.1. The van der Waals surface area contributed by atoms with Crippen LogP contribution in [0.15, 0.2) is 48.1 Å². The Labute approximate surface area is 136 Å². The molecular weight excluding hydrogens is 294 g/mol. The monoisotopic (exact) mass is 318 g/mol. The molecule has 0 radical (unpaired) electrons. The molecule has 6 heteroatoms. The van der Waals surface area contributed by atoms with E-state index in [1.54, 1.807) is 12.2 Å². The number of carbonyl (C=O) groups is 3. The van der Waals surface area contributed by atoms with E-state index in [2.05, 4.69) is 25.7 Å². The molecule has 1 aliphatic rings. The van der Waals surface area contributed by atoms with Gasteiger partial charge in [0.15, 0.2) is 0 Å². The standard InChI is InChI=1S/C17H23N3O3/c1-5-9-13(10-8-11-20(6-2)7-3)12-14-15(21)18-17(23)19(4)16(14)22/h5,8-10,12H,1,6-7,11H2,2-4H3,(H,18,21,23)/p+1/b10-8+,13-9-,14-12-. The molecule has 2 N–H and O–H groups in total. The van der Waals surface area contributed by atoms with Gasteiger partial charge in [-0.2, -0.15) is 0 Å². The number of urea groups is 1. The Balaban J connectivity index is 2.98. The van der Waals surface area contributed by atoms with Gasteiger partial charge in [0.25, 0.3) is 11.8 Å². The van der Waals surface area contributed by atoms with E-state index in [0.29, 0.717) is 5.57 Å². The van der Waals surface area contributed by atoms with Crippen molar-refractivity contribution in [3.63, 3.8) is 0 Å². The molecule has 1 saturated heterocycles. The molecule has 4 amide bonds. The number of barbiturate groups is 1. The Bertz CT molecular complexity index is 584. The van der Waals surface area contributed by atoms with Crippen LogP contribution in [0.2, 0.25) is 0 Å². The Morgan fingerprint density at radius 2 is 1.91 bits per heavy atom. The van der Waals surface area contributed by atoms with Crippen LogP contribution in [0.3, 0.4) is 0 Å². The zero-order chi connectivity index (χ0) is 17.4. The molecule has 6 nitrogen and oxygen atoms in total. The van der Waals surface area contributed by atoms with E-state index in [4.69, 9.17) is 0 Å². The number of amides is 4. The lowest BCUT2D eigenvalue weighted by Gasteiger charge is -2.22. The zero-order valence-electron chi connectivity index (χ0n) is 13.9. The van der Waals surface area contributed by atoms with E-state index in [0.717, 1.165) is 24.5 Å². The smallest absolute Gasteiger partial charge is 0.331 e. The van der Waals surface area contributed by atoms with E-state index in [1.165, 1.54) is 18.0 Å². The van der Waals surface area contributed by atoms with Crippen molar-refractivity contribution in [2.45, 2.75) is 13.8 Å². The van der Waals surface area contributed by atoms with Gasteiger partial charge in [0.05, 0.1) is 19.6 Å². The maximum atomic E-state index is 12.1. The number of hydrogen-bond acceptors (Lipinski definition) is 3. The lowest BCUT2D eigenvalue weighted by Crippen LogP contribution is -3.11. The predicted molar refractivity (Wildman–Crippen MR) is 88.7 cm³/mol. The second kappa shape index (κ2) is 8.85. The fraction of sp³-hybridized carbons (Fsp3) is 0.353. The minimum Gasteiger partial charge on any atom is -0.332 e. The number of quaternary nitrogens is 1. The van der Waals surface area contributed by atoms with E-state index in [1.807, 2.05) is 12.2 Å². The third-order valence-corrected chi connectivity index (χ3v) is 3.64. The Kier molecular flexibility index (Phi) is 7.15. The van der Waals surface area contributed by atoms with Crippen molar-refractivity contribution < 1.29 is 19.3 Å². The summed E-state index contributed by atoms with van der Waals surface area (Å²) >= 11 is 0. The molecule has 124 valence electrons. The number of carbonyl (C=O) groups excluding carboxylic acids is 3. The summed E-state index contributed by atoms with van der Waals surface area (Å²) in [7, 11) is 1.33. The SMILES string of the molecule is C=C/C=C(\C=C1\C(=O)NC(=O)N(C)C1=O)/C=C/C[NH+](CC)CC. The maximum Gasteiger partial charge on any atom is 0.331 e. The highest BCUT2D eigenvalue weighted by molar-refractivity contribution is 6.28. The van der Waals surface area contributed by atoms with Gasteiger partial charge < -0.3 is 4.90 Å². The quantitative estimate of drug-likeness (QED) is 0.401. The van der Waals surface area contributed by atoms with Crippen LogP contribution in [0.25, 0.3) is 0 Å². The highest BCUT2D eigenvalue weighted by atomic mass is 16.2. The van der Waals surface area contributed by atoms with Gasteiger partial charge in [0, 0.05) is 7.05 Å². The Morgan fingerprint density at radius 1 is 1.26 bits per heavy atom. The lowest BCUT2D eigenvalue weighted by molar-refractivity contribution is -0.890. The largest absolute Gasteiger partial charge is 0.332 e. The van der Waals surface area contributed by atoms with Crippen LogP contribution in [-0.2, 0) is 9.59 Å². The minimum atomic E-state index is -0.716. The van der Waals surface area contributed by atoms with Gasteiger partial charge in [-0.25, -0.2) is 4.79 Å². The molecule has 1 heterocycles. The van der Waals surface area contributed by atoms with Crippen molar-refractivity contribution in [1.29, 1.82) is 0 Å². The summed E-state index contributed by atoms with van der Waals surface area (Å²) in [5, 5.41) is 2.13. The second-order valence-electron chi connectivity index (χ2n) is 5.15. The molecule has 0 saturated carbocycles. The van der Waals surface area contributed by atoms with Crippen molar-refractivity contribution in [2.24, 2.45) is 0 Å². The summed E-state index contributed by atoms with van der Waals surface area (Å²) in [6.07, 6.45) is 8.60. The molecule has 0 bridgehead atoms. The number of allylic oxidation sites excluding steroid dienone is 5. The summed E-state index contributed by atoms with van der Waals surface area (Å²) < 4.78 is 0. The van der Waals surface area contributed by atoms with Crippen LogP contribution in [0.1, 0.15) is 13.8 Å². The number of rotatable bonds is 7. The molecule has 23 heavy (non-hydrogen) atoms. The third kappa shape index (κ3) is 5.03. The first kappa shape index (κ1) is 18.6. The van der Waals surface area contributed by atoms with E-state index < -0.39 is 17.8 Å². The van der Waals surface area contributed by atoms with Crippen molar-refractivity contribution in [3.8, 4) is 0 Å². The molecule has 1 aliphatic heterocycles. The number of hydrogen-bond donors (Lipinski definition) is 2. The molecule has 0 aromatic carbocycles. The molecule has 1 fully saturated rings. The van der Waals surface area contributed by atoms with E-state index in [-0.39, 0.29) is 5.57 Å². The molecule has 0 aromatic rings. The van der Waals surface area contributed by atoms with Gasteiger partial charge >= 0.3 is 6.03 Å². The van der Waals surface area contributed by atoms with Crippen molar-refractivity contribution in [2.75, 3.05) is 26.7 Å². The number of imide groups is 2. The minimum absolute atomic E-state index is 0.0694. The van der Waals surface area contributed by atoms with E-state index >= 15 is 0 Å². The average Bonchev–Trinajstić information content (AvgIpc) is 2.53. The molecule has 0 aliphatic carbocycles. The third-order valence-electron chi connectivity index (χ3n) is 3.64. The number of likely N-dealkylation sites (N-methyl/N-ethyl adjacent to an activating group) is 2. The highest BCUT2D eigenvalue weighted by Gasteiger charge is 2.32. The summed E-state index contributed by atoms with van der Waals surface area (Å²) in [6.45, 7) is 10.8. The molecule has 1 rings (SSSR count). The molecular formula is C17H24N3O3+. The fourth-order valence-electron chi connectivity index (χ4n) is 2.10. The van der Waals surface area contributed by atoms with Crippen molar-refractivity contribution >= 4 is 17.8 Å². The first-order chi connectivity index (χ1) is 10.9. The van der Waals surface area contributed by atoms with Crippen LogP contribution in [0.5, 0.6) is 0 Å². The van der Waals surface area contributed by atoms with Gasteiger partial charge in [0.2, 0.25) is 0 Å².